The van der Waals surface area contributed by atoms with Crippen LogP contribution < -0.4 is 0 Å². The first-order valence-electron chi connectivity index (χ1n) is 1.97. The first-order valence-corrected chi connectivity index (χ1v) is 1.97. The third-order valence-corrected chi connectivity index (χ3v) is 0.521. The largest absolute Gasteiger partial charge is 0.394 e. The standard InChI is InChI=1S/C4H9O3/c1-7-3-4(6)2-5/h4-6H,1-3H2. The van der Waals surface area contributed by atoms with Crippen molar-refractivity contribution in [3.63, 3.8) is 0 Å². The molecule has 0 aromatic carbocycles. The lowest BCUT2D eigenvalue weighted by molar-refractivity contribution is 0.0366. The molecule has 7 heavy (non-hydrogen) atoms. The van der Waals surface area contributed by atoms with Gasteiger partial charge in [-0.2, -0.15) is 0 Å². The van der Waals surface area contributed by atoms with E-state index in [4.69, 9.17) is 10.2 Å². The zero-order valence-electron chi connectivity index (χ0n) is 4.00. The number of hydrogen-bond donors (Lipinski definition) is 2. The molecule has 1 atom stereocenters. The van der Waals surface area contributed by atoms with Crippen LogP contribution in [0.3, 0.4) is 0 Å². The average Bonchev–Trinajstić information content (AvgIpc) is 1.68. The van der Waals surface area contributed by atoms with Gasteiger partial charge in [-0.15, -0.1) is 0 Å². The van der Waals surface area contributed by atoms with Crippen molar-refractivity contribution >= 4 is 0 Å². The van der Waals surface area contributed by atoms with Crippen LogP contribution in [0.1, 0.15) is 0 Å². The molecular formula is C4H9O3. The SMILES string of the molecule is [CH2]OCC(O)CO. The third kappa shape index (κ3) is 3.72. The van der Waals surface area contributed by atoms with Gasteiger partial charge in [0.25, 0.3) is 0 Å². The lowest BCUT2D eigenvalue weighted by Crippen LogP contribution is -2.17. The van der Waals surface area contributed by atoms with E-state index in [0.29, 0.717) is 0 Å². The van der Waals surface area contributed by atoms with Crippen molar-refractivity contribution in [2.75, 3.05) is 13.2 Å². The Hall–Kier alpha value is -0.120. The van der Waals surface area contributed by atoms with Gasteiger partial charge in [-0.1, -0.05) is 0 Å². The van der Waals surface area contributed by atoms with E-state index in [1.54, 1.807) is 0 Å². The van der Waals surface area contributed by atoms with E-state index in [-0.39, 0.29) is 13.2 Å². The molecule has 0 aliphatic carbocycles. The second-order valence-electron chi connectivity index (χ2n) is 1.21. The Morgan fingerprint density at radius 2 is 2.29 bits per heavy atom. The predicted octanol–water partition coefficient (Wildman–Crippen LogP) is -0.852. The number of hydrogen-bond acceptors (Lipinski definition) is 3. The number of ether oxygens (including phenoxy) is 1. The minimum atomic E-state index is -0.780. The highest BCUT2D eigenvalue weighted by atomic mass is 16.5. The molecule has 0 saturated heterocycles. The molecule has 3 heteroatoms. The maximum Gasteiger partial charge on any atom is 0.100 e. The maximum absolute atomic E-state index is 8.44. The molecule has 0 saturated carbocycles. The molecule has 3 nitrogen and oxygen atoms in total. The average molecular weight is 105 g/mol. The van der Waals surface area contributed by atoms with Crippen LogP contribution in [0.4, 0.5) is 0 Å². The van der Waals surface area contributed by atoms with Gasteiger partial charge < -0.3 is 14.9 Å². The van der Waals surface area contributed by atoms with Gasteiger partial charge in [0.15, 0.2) is 0 Å². The van der Waals surface area contributed by atoms with Gasteiger partial charge in [-0.25, -0.2) is 0 Å². The van der Waals surface area contributed by atoms with Crippen molar-refractivity contribution in [2.24, 2.45) is 0 Å². The molecule has 0 rings (SSSR count). The van der Waals surface area contributed by atoms with Crippen LogP contribution in [-0.4, -0.2) is 29.5 Å². The quantitative estimate of drug-likeness (QED) is 0.491. The normalized spacial score (nSPS) is 14.1. The van der Waals surface area contributed by atoms with Crippen molar-refractivity contribution in [1.29, 1.82) is 0 Å². The second kappa shape index (κ2) is 4.05. The zero-order chi connectivity index (χ0) is 5.70. The highest BCUT2D eigenvalue weighted by Crippen LogP contribution is 1.78. The highest BCUT2D eigenvalue weighted by Gasteiger charge is 1.96. The van der Waals surface area contributed by atoms with E-state index in [1.807, 2.05) is 0 Å². The van der Waals surface area contributed by atoms with Gasteiger partial charge in [0.2, 0.25) is 0 Å². The summed E-state index contributed by atoms with van der Waals surface area (Å²) in [7, 11) is 3.00. The molecule has 0 aromatic rings. The van der Waals surface area contributed by atoms with Gasteiger partial charge in [0.1, 0.15) is 6.10 Å². The first-order chi connectivity index (χ1) is 3.31. The van der Waals surface area contributed by atoms with E-state index in [2.05, 4.69) is 11.8 Å². The van der Waals surface area contributed by atoms with Crippen LogP contribution in [0, 0.1) is 7.11 Å². The van der Waals surface area contributed by atoms with Crippen LogP contribution in [0.2, 0.25) is 0 Å². The Balaban J connectivity index is 2.83. The van der Waals surface area contributed by atoms with Gasteiger partial charge in [0.05, 0.1) is 20.3 Å². The Morgan fingerprint density at radius 1 is 1.71 bits per heavy atom. The second-order valence-corrected chi connectivity index (χ2v) is 1.21. The summed E-state index contributed by atoms with van der Waals surface area (Å²) in [4.78, 5) is 0. The zero-order valence-corrected chi connectivity index (χ0v) is 4.00. The smallest absolute Gasteiger partial charge is 0.100 e. The molecule has 1 unspecified atom stereocenters. The number of rotatable bonds is 3. The summed E-state index contributed by atoms with van der Waals surface area (Å²) in [6, 6.07) is 0. The van der Waals surface area contributed by atoms with Crippen molar-refractivity contribution in [3.8, 4) is 0 Å². The van der Waals surface area contributed by atoms with Crippen molar-refractivity contribution < 1.29 is 14.9 Å². The summed E-state index contributed by atoms with van der Waals surface area (Å²) in [5.41, 5.74) is 0. The molecule has 0 fully saturated rings. The molecule has 0 heterocycles. The van der Waals surface area contributed by atoms with Crippen molar-refractivity contribution in [1.82, 2.24) is 0 Å². The molecule has 0 aliphatic rings. The molecule has 43 valence electrons. The van der Waals surface area contributed by atoms with E-state index in [1.165, 1.54) is 0 Å². The van der Waals surface area contributed by atoms with E-state index in [0.717, 1.165) is 0 Å². The lowest BCUT2D eigenvalue weighted by Gasteiger charge is -2.01. The Kier molecular flexibility index (Phi) is 3.98. The van der Waals surface area contributed by atoms with Gasteiger partial charge in [-0.05, 0) is 0 Å². The fourth-order valence-corrected chi connectivity index (χ4v) is 0.189. The molecule has 1 radical (unpaired) electrons. The molecular weight excluding hydrogens is 96.0 g/mol. The highest BCUT2D eigenvalue weighted by molar-refractivity contribution is 4.46. The van der Waals surface area contributed by atoms with Gasteiger partial charge >= 0.3 is 0 Å². The molecule has 2 N–H and O–H groups in total. The van der Waals surface area contributed by atoms with Crippen LogP contribution in [0.15, 0.2) is 0 Å². The minimum absolute atomic E-state index is 0.0938. The van der Waals surface area contributed by atoms with Crippen molar-refractivity contribution in [2.45, 2.75) is 6.10 Å². The van der Waals surface area contributed by atoms with Crippen LogP contribution in [0.5, 0.6) is 0 Å². The Morgan fingerprint density at radius 3 is 2.43 bits per heavy atom. The molecule has 0 aromatic heterocycles. The molecule has 0 bridgehead atoms. The first kappa shape index (κ1) is 6.88. The van der Waals surface area contributed by atoms with E-state index >= 15 is 0 Å². The van der Waals surface area contributed by atoms with Crippen molar-refractivity contribution in [3.05, 3.63) is 7.11 Å². The van der Waals surface area contributed by atoms with E-state index in [9.17, 15) is 0 Å². The summed E-state index contributed by atoms with van der Waals surface area (Å²) in [5.74, 6) is 0. The minimum Gasteiger partial charge on any atom is -0.394 e. The van der Waals surface area contributed by atoms with Gasteiger partial charge in [-0.3, -0.25) is 0 Å². The fraction of sp³-hybridized carbons (Fsp3) is 0.750. The maximum atomic E-state index is 8.44. The van der Waals surface area contributed by atoms with Crippen LogP contribution in [-0.2, 0) is 4.74 Å². The Labute approximate surface area is 42.5 Å². The number of aliphatic hydroxyl groups is 2. The molecule has 0 spiro atoms. The monoisotopic (exact) mass is 105 g/mol. The fourth-order valence-electron chi connectivity index (χ4n) is 0.189. The van der Waals surface area contributed by atoms with Crippen LogP contribution >= 0.6 is 0 Å². The molecule has 0 amide bonds. The lowest BCUT2D eigenvalue weighted by atomic mass is 10.4. The number of aliphatic hydroxyl groups excluding tert-OH is 2. The predicted molar refractivity (Wildman–Crippen MR) is 24.4 cm³/mol. The summed E-state index contributed by atoms with van der Waals surface area (Å²) < 4.78 is 4.23. The van der Waals surface area contributed by atoms with Crippen LogP contribution in [0.25, 0.3) is 0 Å². The summed E-state index contributed by atoms with van der Waals surface area (Å²) in [6.45, 7) is -0.175. The topological polar surface area (TPSA) is 49.7 Å². The summed E-state index contributed by atoms with van der Waals surface area (Å²) in [6.07, 6.45) is -0.780. The van der Waals surface area contributed by atoms with E-state index < -0.39 is 6.10 Å². The summed E-state index contributed by atoms with van der Waals surface area (Å²) in [5, 5.41) is 16.6. The summed E-state index contributed by atoms with van der Waals surface area (Å²) >= 11 is 0. The molecule has 0 aliphatic heterocycles. The van der Waals surface area contributed by atoms with Gasteiger partial charge in [0, 0.05) is 0 Å². The third-order valence-electron chi connectivity index (χ3n) is 0.521. The Bertz CT molecular complexity index is 37.9.